The van der Waals surface area contributed by atoms with Crippen molar-refractivity contribution in [2.75, 3.05) is 0 Å². The van der Waals surface area contributed by atoms with Crippen LogP contribution in [0.3, 0.4) is 0 Å². The summed E-state index contributed by atoms with van der Waals surface area (Å²) in [6.45, 7) is 0.335. The molecular formula is C14H11ClN2O3. The maximum absolute atomic E-state index is 10.7. The number of hydrogen-bond donors (Lipinski definition) is 1. The van der Waals surface area contributed by atoms with Crippen LogP contribution in [0.5, 0.6) is 5.75 Å². The first-order chi connectivity index (χ1) is 9.58. The normalized spacial score (nSPS) is 10.8. The fourth-order valence-corrected chi connectivity index (χ4v) is 1.82. The van der Waals surface area contributed by atoms with Crippen LogP contribution < -0.4 is 0 Å². The van der Waals surface area contributed by atoms with E-state index >= 15 is 0 Å². The largest absolute Gasteiger partial charge is 0.507 e. The number of halogens is 1. The second-order valence-corrected chi connectivity index (χ2v) is 4.47. The highest BCUT2D eigenvalue weighted by molar-refractivity contribution is 6.31. The van der Waals surface area contributed by atoms with E-state index in [0.717, 1.165) is 5.56 Å². The molecule has 20 heavy (non-hydrogen) atoms. The summed E-state index contributed by atoms with van der Waals surface area (Å²) in [6, 6.07) is 11.1. The number of nitro groups is 1. The molecule has 0 aliphatic heterocycles. The number of phenols is 1. The van der Waals surface area contributed by atoms with Crippen LogP contribution in [0.1, 0.15) is 11.1 Å². The van der Waals surface area contributed by atoms with Crippen molar-refractivity contribution in [1.82, 2.24) is 0 Å². The van der Waals surface area contributed by atoms with E-state index in [1.165, 1.54) is 24.4 Å². The van der Waals surface area contributed by atoms with Crippen molar-refractivity contribution in [3.8, 4) is 5.75 Å². The average Bonchev–Trinajstić information content (AvgIpc) is 2.42. The van der Waals surface area contributed by atoms with Crippen LogP contribution in [0.15, 0.2) is 47.5 Å². The van der Waals surface area contributed by atoms with Crippen molar-refractivity contribution in [2.45, 2.75) is 6.54 Å². The van der Waals surface area contributed by atoms with Gasteiger partial charge in [-0.1, -0.05) is 29.8 Å². The van der Waals surface area contributed by atoms with Crippen molar-refractivity contribution in [3.05, 3.63) is 68.7 Å². The molecule has 0 bridgehead atoms. The monoisotopic (exact) mass is 290 g/mol. The highest BCUT2D eigenvalue weighted by atomic mass is 35.5. The second-order valence-electron chi connectivity index (χ2n) is 4.06. The lowest BCUT2D eigenvalue weighted by molar-refractivity contribution is -0.384. The minimum absolute atomic E-state index is 0.0569. The van der Waals surface area contributed by atoms with E-state index in [1.54, 1.807) is 6.07 Å². The van der Waals surface area contributed by atoms with Gasteiger partial charge in [-0.05, 0) is 17.7 Å². The minimum atomic E-state index is -0.523. The third-order valence-electron chi connectivity index (χ3n) is 2.67. The predicted octanol–water partition coefficient (Wildman–Crippen LogP) is 3.57. The lowest BCUT2D eigenvalue weighted by Crippen LogP contribution is -1.91. The maximum Gasteiger partial charge on any atom is 0.270 e. The van der Waals surface area contributed by atoms with Crippen molar-refractivity contribution in [2.24, 2.45) is 4.99 Å². The summed E-state index contributed by atoms with van der Waals surface area (Å²) in [6.07, 6.45) is 1.39. The number of aromatic hydroxyl groups is 1. The molecule has 0 heterocycles. The molecule has 5 nitrogen and oxygen atoms in total. The molecule has 2 rings (SSSR count). The molecular weight excluding hydrogens is 280 g/mol. The molecule has 0 saturated carbocycles. The summed E-state index contributed by atoms with van der Waals surface area (Å²) in [5.41, 5.74) is 1.04. The molecule has 0 saturated heterocycles. The van der Waals surface area contributed by atoms with E-state index < -0.39 is 4.92 Å². The Bertz CT molecular complexity index is 671. The van der Waals surface area contributed by atoms with Crippen LogP contribution in [0.4, 0.5) is 5.69 Å². The molecule has 2 aromatic rings. The molecule has 102 valence electrons. The van der Waals surface area contributed by atoms with Gasteiger partial charge in [0, 0.05) is 28.9 Å². The van der Waals surface area contributed by atoms with Crippen LogP contribution in [0, 0.1) is 10.1 Å². The van der Waals surface area contributed by atoms with Gasteiger partial charge in [-0.25, -0.2) is 0 Å². The number of nitrogens with zero attached hydrogens (tertiary/aromatic N) is 2. The van der Waals surface area contributed by atoms with E-state index in [4.69, 9.17) is 11.6 Å². The number of aliphatic imine (C=N–C) groups is 1. The summed E-state index contributed by atoms with van der Waals surface area (Å²) in [5.74, 6) is -0.0569. The van der Waals surface area contributed by atoms with Gasteiger partial charge in [-0.15, -0.1) is 0 Å². The number of benzene rings is 2. The minimum Gasteiger partial charge on any atom is -0.507 e. The maximum atomic E-state index is 10.7. The van der Waals surface area contributed by atoms with Gasteiger partial charge in [0.25, 0.3) is 5.69 Å². The van der Waals surface area contributed by atoms with E-state index in [9.17, 15) is 15.2 Å². The summed E-state index contributed by atoms with van der Waals surface area (Å²) in [4.78, 5) is 14.3. The fourth-order valence-electron chi connectivity index (χ4n) is 1.63. The molecule has 0 fully saturated rings. The molecule has 0 aliphatic carbocycles. The number of rotatable bonds is 4. The van der Waals surface area contributed by atoms with Crippen molar-refractivity contribution in [1.29, 1.82) is 0 Å². The quantitative estimate of drug-likeness (QED) is 0.531. The van der Waals surface area contributed by atoms with Crippen LogP contribution in [0.25, 0.3) is 0 Å². The Morgan fingerprint density at radius 3 is 2.75 bits per heavy atom. The van der Waals surface area contributed by atoms with Gasteiger partial charge in [-0.2, -0.15) is 0 Å². The smallest absolute Gasteiger partial charge is 0.270 e. The molecule has 6 heteroatoms. The average molecular weight is 291 g/mol. The van der Waals surface area contributed by atoms with Gasteiger partial charge in [-0.3, -0.25) is 15.1 Å². The predicted molar refractivity (Wildman–Crippen MR) is 77.5 cm³/mol. The zero-order valence-electron chi connectivity index (χ0n) is 10.4. The Morgan fingerprint density at radius 2 is 2.05 bits per heavy atom. The number of non-ortho nitro benzene ring substituents is 1. The molecule has 0 aliphatic rings. The first-order valence-corrected chi connectivity index (χ1v) is 6.16. The standard InChI is InChI=1S/C14H11ClN2O3/c15-13-4-2-1-3-10(13)8-16-9-11-7-12(17(19)20)5-6-14(11)18/h1-7,9,18H,8H2. The highest BCUT2D eigenvalue weighted by Gasteiger charge is 2.08. The molecule has 0 amide bonds. The Balaban J connectivity index is 2.17. The third kappa shape index (κ3) is 3.33. The Labute approximate surface area is 120 Å². The highest BCUT2D eigenvalue weighted by Crippen LogP contribution is 2.21. The van der Waals surface area contributed by atoms with Crippen LogP contribution in [0.2, 0.25) is 5.02 Å². The van der Waals surface area contributed by atoms with Gasteiger partial charge < -0.3 is 5.11 Å². The van der Waals surface area contributed by atoms with Gasteiger partial charge >= 0.3 is 0 Å². The molecule has 1 N–H and O–H groups in total. The Kier molecular flexibility index (Phi) is 4.32. The van der Waals surface area contributed by atoms with Gasteiger partial charge in [0.1, 0.15) is 5.75 Å². The van der Waals surface area contributed by atoms with Gasteiger partial charge in [0.2, 0.25) is 0 Å². The second kappa shape index (κ2) is 6.16. The first kappa shape index (κ1) is 14.0. The summed E-state index contributed by atoms with van der Waals surface area (Å²) in [7, 11) is 0. The molecule has 0 aromatic heterocycles. The summed E-state index contributed by atoms with van der Waals surface area (Å²) >= 11 is 5.99. The first-order valence-electron chi connectivity index (χ1n) is 5.78. The summed E-state index contributed by atoms with van der Waals surface area (Å²) in [5, 5.41) is 20.9. The zero-order chi connectivity index (χ0) is 14.5. The topological polar surface area (TPSA) is 75.7 Å². The van der Waals surface area contributed by atoms with Crippen molar-refractivity contribution < 1.29 is 10.0 Å². The molecule has 0 radical (unpaired) electrons. The number of hydrogen-bond acceptors (Lipinski definition) is 4. The van der Waals surface area contributed by atoms with E-state index in [1.807, 2.05) is 18.2 Å². The lowest BCUT2D eigenvalue weighted by Gasteiger charge is -2.00. The zero-order valence-corrected chi connectivity index (χ0v) is 11.1. The molecule has 0 atom stereocenters. The third-order valence-corrected chi connectivity index (χ3v) is 3.04. The van der Waals surface area contributed by atoms with E-state index in [0.29, 0.717) is 17.1 Å². The molecule has 2 aromatic carbocycles. The fraction of sp³-hybridized carbons (Fsp3) is 0.0714. The van der Waals surface area contributed by atoms with Crippen LogP contribution in [-0.4, -0.2) is 16.2 Å². The van der Waals surface area contributed by atoms with E-state index in [-0.39, 0.29) is 11.4 Å². The van der Waals surface area contributed by atoms with Crippen LogP contribution in [-0.2, 0) is 6.54 Å². The Morgan fingerprint density at radius 1 is 1.30 bits per heavy atom. The molecule has 0 unspecified atom stereocenters. The Hall–Kier alpha value is -2.40. The van der Waals surface area contributed by atoms with E-state index in [2.05, 4.69) is 4.99 Å². The van der Waals surface area contributed by atoms with Gasteiger partial charge in [0.05, 0.1) is 11.5 Å². The lowest BCUT2D eigenvalue weighted by atomic mass is 10.2. The SMILES string of the molecule is O=[N+]([O-])c1ccc(O)c(C=NCc2ccccc2Cl)c1. The number of phenolic OH excluding ortho intramolecular Hbond substituents is 1. The van der Waals surface area contributed by atoms with Crippen molar-refractivity contribution >= 4 is 23.5 Å². The molecule has 0 spiro atoms. The van der Waals surface area contributed by atoms with Gasteiger partial charge in [0.15, 0.2) is 0 Å². The van der Waals surface area contributed by atoms with Crippen LogP contribution >= 0.6 is 11.6 Å². The number of nitro benzene ring substituents is 1. The van der Waals surface area contributed by atoms with Crippen molar-refractivity contribution in [3.63, 3.8) is 0 Å². The summed E-state index contributed by atoms with van der Waals surface area (Å²) < 4.78 is 0.